The van der Waals surface area contributed by atoms with Gasteiger partial charge in [-0.3, -0.25) is 4.79 Å². The van der Waals surface area contributed by atoms with E-state index >= 15 is 0 Å². The molecule has 0 radical (unpaired) electrons. The van der Waals surface area contributed by atoms with Gasteiger partial charge < -0.3 is 20.7 Å². The number of nitrogen functional groups attached to an aromatic ring is 1. The summed E-state index contributed by atoms with van der Waals surface area (Å²) in [6.07, 6.45) is 13.8. The molecule has 5 nitrogen and oxygen atoms in total. The normalized spacial score (nSPS) is 18.3. The molecule has 0 saturated heterocycles. The number of benzene rings is 2. The van der Waals surface area contributed by atoms with Crippen molar-refractivity contribution in [1.82, 2.24) is 4.90 Å². The van der Waals surface area contributed by atoms with Crippen LogP contribution < -0.4 is 15.8 Å². The lowest BCUT2D eigenvalue weighted by Gasteiger charge is -2.34. The summed E-state index contributed by atoms with van der Waals surface area (Å²) in [6.45, 7) is 0. The second-order valence-electron chi connectivity index (χ2n) is 10.1. The molecule has 0 heterocycles. The standard InChI is InChI=1S/C29H41N3O2/c1-32(23-13-7-3-8-14-23)29(33)20-19-27(22-11-5-2-6-12-22)31-28-21-25(17-18-26(28)30)34-24-15-9-4-10-16-24/h4,9-10,15-18,21-23,27,31H,2-3,5-8,11-14,19-20,30H2,1H3/t27-/m0/s1. The summed E-state index contributed by atoms with van der Waals surface area (Å²) < 4.78 is 6.04. The van der Waals surface area contributed by atoms with E-state index in [0.29, 0.717) is 24.1 Å². The maximum absolute atomic E-state index is 13.1. The Hall–Kier alpha value is -2.69. The molecule has 2 saturated carbocycles. The van der Waals surface area contributed by atoms with Crippen molar-refractivity contribution in [3.8, 4) is 11.5 Å². The minimum atomic E-state index is 0.235. The molecule has 0 unspecified atom stereocenters. The monoisotopic (exact) mass is 463 g/mol. The van der Waals surface area contributed by atoms with Crippen molar-refractivity contribution in [3.63, 3.8) is 0 Å². The molecule has 5 heteroatoms. The molecule has 1 amide bonds. The van der Waals surface area contributed by atoms with E-state index in [2.05, 4.69) is 5.32 Å². The summed E-state index contributed by atoms with van der Waals surface area (Å²) >= 11 is 0. The van der Waals surface area contributed by atoms with E-state index in [4.69, 9.17) is 10.5 Å². The highest BCUT2D eigenvalue weighted by atomic mass is 16.5. The largest absolute Gasteiger partial charge is 0.457 e. The summed E-state index contributed by atoms with van der Waals surface area (Å²) in [7, 11) is 2.00. The summed E-state index contributed by atoms with van der Waals surface area (Å²) in [4.78, 5) is 15.1. The van der Waals surface area contributed by atoms with Crippen molar-refractivity contribution in [1.29, 1.82) is 0 Å². The van der Waals surface area contributed by atoms with Crippen LogP contribution in [0.4, 0.5) is 11.4 Å². The number of anilines is 2. The fraction of sp³-hybridized carbons (Fsp3) is 0.552. The number of hydrogen-bond donors (Lipinski definition) is 2. The van der Waals surface area contributed by atoms with Crippen LogP contribution in [0.25, 0.3) is 0 Å². The van der Waals surface area contributed by atoms with Gasteiger partial charge in [0, 0.05) is 31.6 Å². The van der Waals surface area contributed by atoms with Gasteiger partial charge in [0.15, 0.2) is 0 Å². The van der Waals surface area contributed by atoms with Gasteiger partial charge in [0.2, 0.25) is 5.91 Å². The highest BCUT2D eigenvalue weighted by Gasteiger charge is 2.27. The lowest BCUT2D eigenvalue weighted by molar-refractivity contribution is -0.132. The average molecular weight is 464 g/mol. The number of para-hydroxylation sites is 1. The first-order chi connectivity index (χ1) is 16.6. The van der Waals surface area contributed by atoms with E-state index in [-0.39, 0.29) is 11.9 Å². The van der Waals surface area contributed by atoms with E-state index in [1.165, 1.54) is 51.4 Å². The molecule has 2 aromatic carbocycles. The summed E-state index contributed by atoms with van der Waals surface area (Å²) in [6, 6.07) is 16.3. The van der Waals surface area contributed by atoms with Crippen LogP contribution in [0.1, 0.15) is 77.0 Å². The molecule has 0 aliphatic heterocycles. The van der Waals surface area contributed by atoms with Crippen molar-refractivity contribution >= 4 is 17.3 Å². The van der Waals surface area contributed by atoms with Crippen LogP contribution in [-0.2, 0) is 4.79 Å². The lowest BCUT2D eigenvalue weighted by atomic mass is 9.82. The SMILES string of the molecule is CN(C(=O)CC[C@H](Nc1cc(Oc2ccccc2)ccc1N)C1CCCCC1)C1CCCCC1. The molecule has 4 rings (SSSR count). The van der Waals surface area contributed by atoms with Gasteiger partial charge in [-0.2, -0.15) is 0 Å². The van der Waals surface area contributed by atoms with Gasteiger partial charge in [0.25, 0.3) is 0 Å². The lowest BCUT2D eigenvalue weighted by Crippen LogP contribution is -2.39. The van der Waals surface area contributed by atoms with Crippen molar-refractivity contribution in [2.24, 2.45) is 5.92 Å². The van der Waals surface area contributed by atoms with Crippen LogP contribution >= 0.6 is 0 Å². The molecule has 1 atom stereocenters. The molecule has 2 aliphatic rings. The maximum atomic E-state index is 13.1. The van der Waals surface area contributed by atoms with E-state index in [1.54, 1.807) is 0 Å². The average Bonchev–Trinajstić information content (AvgIpc) is 2.89. The second-order valence-corrected chi connectivity index (χ2v) is 10.1. The zero-order valence-corrected chi connectivity index (χ0v) is 20.7. The number of rotatable bonds is 9. The number of ether oxygens (including phenoxy) is 1. The second kappa shape index (κ2) is 12.1. The number of nitrogens with two attached hydrogens (primary N) is 1. The first-order valence-corrected chi connectivity index (χ1v) is 13.2. The molecule has 2 aliphatic carbocycles. The van der Waals surface area contributed by atoms with E-state index in [0.717, 1.165) is 36.4 Å². The number of nitrogens with zero attached hydrogens (tertiary/aromatic N) is 1. The van der Waals surface area contributed by atoms with E-state index in [9.17, 15) is 4.79 Å². The van der Waals surface area contributed by atoms with Crippen molar-refractivity contribution in [2.45, 2.75) is 89.1 Å². The van der Waals surface area contributed by atoms with Gasteiger partial charge in [-0.05, 0) is 62.3 Å². The minimum absolute atomic E-state index is 0.235. The Morgan fingerprint density at radius 1 is 0.971 bits per heavy atom. The minimum Gasteiger partial charge on any atom is -0.457 e. The highest BCUT2D eigenvalue weighted by Crippen LogP contribution is 2.34. The number of carbonyl (C=O) groups excluding carboxylic acids is 1. The Kier molecular flexibility index (Phi) is 8.73. The molecular formula is C29H41N3O2. The van der Waals surface area contributed by atoms with Gasteiger partial charge in [0.05, 0.1) is 11.4 Å². The van der Waals surface area contributed by atoms with Crippen LogP contribution in [0.5, 0.6) is 11.5 Å². The van der Waals surface area contributed by atoms with Gasteiger partial charge in [-0.25, -0.2) is 0 Å². The Morgan fingerprint density at radius 3 is 2.35 bits per heavy atom. The van der Waals surface area contributed by atoms with Gasteiger partial charge in [-0.15, -0.1) is 0 Å². The molecule has 0 bridgehead atoms. The van der Waals surface area contributed by atoms with Crippen molar-refractivity contribution in [2.75, 3.05) is 18.1 Å². The summed E-state index contributed by atoms with van der Waals surface area (Å²) in [5.41, 5.74) is 7.98. The first-order valence-electron chi connectivity index (χ1n) is 13.2. The molecule has 2 aromatic rings. The zero-order chi connectivity index (χ0) is 23.8. The van der Waals surface area contributed by atoms with E-state index < -0.39 is 0 Å². The molecule has 0 aromatic heterocycles. The molecular weight excluding hydrogens is 422 g/mol. The molecule has 2 fully saturated rings. The fourth-order valence-electron chi connectivity index (χ4n) is 5.64. The zero-order valence-electron chi connectivity index (χ0n) is 20.7. The Bertz CT molecular complexity index is 905. The molecule has 184 valence electrons. The third-order valence-corrected chi connectivity index (χ3v) is 7.75. The van der Waals surface area contributed by atoms with E-state index in [1.807, 2.05) is 60.5 Å². The number of hydrogen-bond acceptors (Lipinski definition) is 4. The Labute approximate surface area is 205 Å². The third-order valence-electron chi connectivity index (χ3n) is 7.75. The number of amides is 1. The quantitative estimate of drug-likeness (QED) is 0.393. The van der Waals surface area contributed by atoms with Crippen LogP contribution in [0.3, 0.4) is 0 Å². The van der Waals surface area contributed by atoms with Crippen molar-refractivity contribution in [3.05, 3.63) is 48.5 Å². The molecule has 0 spiro atoms. The molecule has 34 heavy (non-hydrogen) atoms. The van der Waals surface area contributed by atoms with Crippen LogP contribution in [0.15, 0.2) is 48.5 Å². The third kappa shape index (κ3) is 6.68. The molecule has 3 N–H and O–H groups in total. The van der Waals surface area contributed by atoms with Crippen LogP contribution in [-0.4, -0.2) is 29.9 Å². The van der Waals surface area contributed by atoms with Gasteiger partial charge in [-0.1, -0.05) is 56.7 Å². The van der Waals surface area contributed by atoms with Gasteiger partial charge in [0.1, 0.15) is 11.5 Å². The maximum Gasteiger partial charge on any atom is 0.222 e. The predicted octanol–water partition coefficient (Wildman–Crippen LogP) is 6.99. The topological polar surface area (TPSA) is 67.6 Å². The van der Waals surface area contributed by atoms with Gasteiger partial charge >= 0.3 is 0 Å². The summed E-state index contributed by atoms with van der Waals surface area (Å²) in [5.74, 6) is 2.42. The van der Waals surface area contributed by atoms with Crippen LogP contribution in [0.2, 0.25) is 0 Å². The van der Waals surface area contributed by atoms with Crippen molar-refractivity contribution < 1.29 is 9.53 Å². The smallest absolute Gasteiger partial charge is 0.222 e. The predicted molar refractivity (Wildman–Crippen MR) is 140 cm³/mol. The Balaban J connectivity index is 1.43. The van der Waals surface area contributed by atoms with Crippen LogP contribution in [0, 0.1) is 5.92 Å². The number of carbonyl (C=O) groups is 1. The summed E-state index contributed by atoms with van der Waals surface area (Å²) in [5, 5.41) is 3.74. The fourth-order valence-corrected chi connectivity index (χ4v) is 5.64. The highest BCUT2D eigenvalue weighted by molar-refractivity contribution is 5.76. The Morgan fingerprint density at radius 2 is 1.65 bits per heavy atom. The first kappa shape index (κ1) is 24.4. The number of nitrogens with one attached hydrogen (secondary N) is 1.